The predicted molar refractivity (Wildman–Crippen MR) is 95.1 cm³/mol. The molecule has 0 fully saturated rings. The van der Waals surface area contributed by atoms with E-state index in [9.17, 15) is 4.79 Å². The van der Waals surface area contributed by atoms with Gasteiger partial charge in [0.1, 0.15) is 11.5 Å². The smallest absolute Gasteiger partial charge is 0.274 e. The van der Waals surface area contributed by atoms with Gasteiger partial charge in [0.2, 0.25) is 0 Å². The molecule has 3 rings (SSSR count). The summed E-state index contributed by atoms with van der Waals surface area (Å²) in [5.41, 5.74) is 2.98. The van der Waals surface area contributed by atoms with Gasteiger partial charge in [-0.1, -0.05) is 37.6 Å². The standard InChI is InChI=1S/C19H24N4O/c1-3-4-10-22(2)18-13-20-17(12-21-18)19(24)23-11-9-15-7-5-6-8-16(15)14-23/h5-8,12-13H,3-4,9-11,14H2,1-2H3. The average Bonchev–Trinajstić information content (AvgIpc) is 2.65. The molecule has 24 heavy (non-hydrogen) atoms. The number of hydrogen-bond acceptors (Lipinski definition) is 4. The van der Waals surface area contributed by atoms with Crippen LogP contribution in [0.25, 0.3) is 0 Å². The Morgan fingerprint density at radius 2 is 2.00 bits per heavy atom. The van der Waals surface area contributed by atoms with Gasteiger partial charge in [0.15, 0.2) is 0 Å². The van der Waals surface area contributed by atoms with Gasteiger partial charge in [0.05, 0.1) is 12.4 Å². The summed E-state index contributed by atoms with van der Waals surface area (Å²) in [6.45, 7) is 4.49. The van der Waals surface area contributed by atoms with E-state index in [1.165, 1.54) is 11.1 Å². The minimum Gasteiger partial charge on any atom is -0.358 e. The largest absolute Gasteiger partial charge is 0.358 e. The third-order valence-electron chi connectivity index (χ3n) is 4.51. The van der Waals surface area contributed by atoms with Crippen LogP contribution in [0.2, 0.25) is 0 Å². The lowest BCUT2D eigenvalue weighted by Gasteiger charge is -2.28. The lowest BCUT2D eigenvalue weighted by atomic mass is 10.00. The zero-order chi connectivity index (χ0) is 16.9. The van der Waals surface area contributed by atoms with Crippen LogP contribution in [0, 0.1) is 0 Å². The van der Waals surface area contributed by atoms with Crippen LogP contribution in [-0.4, -0.2) is 40.9 Å². The Hall–Kier alpha value is -2.43. The van der Waals surface area contributed by atoms with Crippen molar-refractivity contribution >= 4 is 11.7 Å². The monoisotopic (exact) mass is 324 g/mol. The van der Waals surface area contributed by atoms with Gasteiger partial charge in [0, 0.05) is 26.7 Å². The highest BCUT2D eigenvalue weighted by Crippen LogP contribution is 2.20. The highest BCUT2D eigenvalue weighted by molar-refractivity contribution is 5.92. The zero-order valence-electron chi connectivity index (χ0n) is 14.4. The van der Waals surface area contributed by atoms with Crippen LogP contribution in [0.3, 0.4) is 0 Å². The highest BCUT2D eigenvalue weighted by Gasteiger charge is 2.22. The van der Waals surface area contributed by atoms with Crippen molar-refractivity contribution in [3.05, 3.63) is 53.5 Å². The molecule has 0 saturated heterocycles. The van der Waals surface area contributed by atoms with Gasteiger partial charge in [-0.25, -0.2) is 9.97 Å². The molecule has 5 heteroatoms. The Bertz CT molecular complexity index is 699. The first-order valence-corrected chi connectivity index (χ1v) is 8.58. The number of unbranched alkanes of at least 4 members (excludes halogenated alkanes) is 1. The second-order valence-corrected chi connectivity index (χ2v) is 6.28. The predicted octanol–water partition coefficient (Wildman–Crippen LogP) is 2.91. The fourth-order valence-corrected chi connectivity index (χ4v) is 2.97. The van der Waals surface area contributed by atoms with Gasteiger partial charge in [-0.3, -0.25) is 4.79 Å². The molecule has 2 aromatic rings. The van der Waals surface area contributed by atoms with Gasteiger partial charge >= 0.3 is 0 Å². The fraction of sp³-hybridized carbons (Fsp3) is 0.421. The molecule has 1 aliphatic heterocycles. The molecule has 0 saturated carbocycles. The Morgan fingerprint density at radius 1 is 1.21 bits per heavy atom. The van der Waals surface area contributed by atoms with Crippen LogP contribution in [0.15, 0.2) is 36.7 Å². The van der Waals surface area contributed by atoms with Crippen LogP contribution >= 0.6 is 0 Å². The minimum atomic E-state index is -0.0419. The van der Waals surface area contributed by atoms with E-state index in [4.69, 9.17) is 0 Å². The highest BCUT2D eigenvalue weighted by atomic mass is 16.2. The van der Waals surface area contributed by atoms with E-state index in [-0.39, 0.29) is 5.91 Å². The van der Waals surface area contributed by atoms with Crippen molar-refractivity contribution in [1.29, 1.82) is 0 Å². The summed E-state index contributed by atoms with van der Waals surface area (Å²) in [5, 5.41) is 0. The summed E-state index contributed by atoms with van der Waals surface area (Å²) in [6, 6.07) is 8.30. The number of aromatic nitrogens is 2. The molecular formula is C19H24N4O. The number of benzene rings is 1. The molecule has 0 unspecified atom stereocenters. The van der Waals surface area contributed by atoms with E-state index in [2.05, 4.69) is 40.0 Å². The van der Waals surface area contributed by atoms with E-state index in [1.54, 1.807) is 12.4 Å². The molecule has 0 radical (unpaired) electrons. The van der Waals surface area contributed by atoms with Crippen molar-refractivity contribution < 1.29 is 4.79 Å². The molecule has 0 atom stereocenters. The molecule has 126 valence electrons. The second kappa shape index (κ2) is 7.43. The lowest BCUT2D eigenvalue weighted by Crippen LogP contribution is -2.36. The van der Waals surface area contributed by atoms with E-state index in [1.807, 2.05) is 18.0 Å². The molecule has 2 heterocycles. The number of hydrogen-bond donors (Lipinski definition) is 0. The van der Waals surface area contributed by atoms with Crippen LogP contribution in [-0.2, 0) is 13.0 Å². The quantitative estimate of drug-likeness (QED) is 0.848. The maximum Gasteiger partial charge on any atom is 0.274 e. The first-order chi connectivity index (χ1) is 11.7. The topological polar surface area (TPSA) is 49.3 Å². The number of carbonyl (C=O) groups excluding carboxylic acids is 1. The SMILES string of the molecule is CCCCN(C)c1cnc(C(=O)N2CCc3ccccc3C2)cn1. The molecule has 1 aromatic carbocycles. The van der Waals surface area contributed by atoms with Gasteiger partial charge in [0.25, 0.3) is 5.91 Å². The third kappa shape index (κ3) is 3.55. The first-order valence-electron chi connectivity index (χ1n) is 8.58. The maximum atomic E-state index is 12.7. The normalized spacial score (nSPS) is 13.5. The summed E-state index contributed by atoms with van der Waals surface area (Å²) in [7, 11) is 2.00. The lowest BCUT2D eigenvalue weighted by molar-refractivity contribution is 0.0728. The van der Waals surface area contributed by atoms with Crippen molar-refractivity contribution in [1.82, 2.24) is 14.9 Å². The summed E-state index contributed by atoms with van der Waals surface area (Å²) >= 11 is 0. The van der Waals surface area contributed by atoms with Crippen molar-refractivity contribution in [2.75, 3.05) is 25.0 Å². The number of anilines is 1. The maximum absolute atomic E-state index is 12.7. The van der Waals surface area contributed by atoms with Crippen LogP contribution < -0.4 is 4.90 Å². The number of rotatable bonds is 5. The number of amides is 1. The van der Waals surface area contributed by atoms with Gasteiger partial charge < -0.3 is 9.80 Å². The zero-order valence-corrected chi connectivity index (χ0v) is 14.4. The van der Waals surface area contributed by atoms with E-state index >= 15 is 0 Å². The van der Waals surface area contributed by atoms with E-state index < -0.39 is 0 Å². The third-order valence-corrected chi connectivity index (χ3v) is 4.51. The molecule has 1 aliphatic rings. The van der Waals surface area contributed by atoms with Gasteiger partial charge in [-0.15, -0.1) is 0 Å². The Morgan fingerprint density at radius 3 is 2.71 bits per heavy atom. The molecule has 1 aromatic heterocycles. The van der Waals surface area contributed by atoms with Crippen molar-refractivity contribution in [3.8, 4) is 0 Å². The molecule has 0 bridgehead atoms. The molecule has 0 spiro atoms. The fourth-order valence-electron chi connectivity index (χ4n) is 2.97. The minimum absolute atomic E-state index is 0.0419. The summed E-state index contributed by atoms with van der Waals surface area (Å²) in [5.74, 6) is 0.767. The molecular weight excluding hydrogens is 300 g/mol. The summed E-state index contributed by atoms with van der Waals surface area (Å²) in [4.78, 5) is 25.3. The second-order valence-electron chi connectivity index (χ2n) is 6.28. The molecule has 1 amide bonds. The Labute approximate surface area is 143 Å². The van der Waals surface area contributed by atoms with Crippen molar-refractivity contribution in [2.24, 2.45) is 0 Å². The number of nitrogens with zero attached hydrogens (tertiary/aromatic N) is 4. The molecule has 5 nitrogen and oxygen atoms in total. The van der Waals surface area contributed by atoms with E-state index in [0.29, 0.717) is 12.2 Å². The summed E-state index contributed by atoms with van der Waals surface area (Å²) in [6.07, 6.45) is 6.45. The molecule has 0 N–H and O–H groups in total. The van der Waals surface area contributed by atoms with Crippen molar-refractivity contribution in [3.63, 3.8) is 0 Å². The Balaban J connectivity index is 1.67. The van der Waals surface area contributed by atoms with E-state index in [0.717, 1.165) is 38.2 Å². The van der Waals surface area contributed by atoms with Gasteiger partial charge in [-0.05, 0) is 24.0 Å². The Kier molecular flexibility index (Phi) is 5.08. The average molecular weight is 324 g/mol. The molecule has 0 aliphatic carbocycles. The first kappa shape index (κ1) is 16.4. The summed E-state index contributed by atoms with van der Waals surface area (Å²) < 4.78 is 0. The van der Waals surface area contributed by atoms with Crippen LogP contribution in [0.5, 0.6) is 0 Å². The van der Waals surface area contributed by atoms with Crippen molar-refractivity contribution in [2.45, 2.75) is 32.7 Å². The number of fused-ring (bicyclic) bond motifs is 1. The number of carbonyl (C=O) groups is 1. The van der Waals surface area contributed by atoms with Crippen LogP contribution in [0.4, 0.5) is 5.82 Å². The van der Waals surface area contributed by atoms with Gasteiger partial charge in [-0.2, -0.15) is 0 Å². The van der Waals surface area contributed by atoms with Crippen LogP contribution in [0.1, 0.15) is 41.4 Å².